The maximum Gasteiger partial charge on any atom is 0.316 e. The molecular weight excluding hydrogens is 283 g/mol. The zero-order chi connectivity index (χ0) is 16.4. The Bertz CT molecular complexity index is 595. The zero-order valence-corrected chi connectivity index (χ0v) is 11.7. The van der Waals surface area contributed by atoms with Crippen LogP contribution in [0.2, 0.25) is 0 Å². The molecule has 1 rings (SSSR count). The second-order valence-electron chi connectivity index (χ2n) is 5.58. The Labute approximate surface area is 119 Å². The number of nitro benzene ring substituents is 1. The van der Waals surface area contributed by atoms with Gasteiger partial charge in [-0.3, -0.25) is 19.7 Å². The summed E-state index contributed by atoms with van der Waals surface area (Å²) in [5, 5.41) is 21.9. The lowest BCUT2D eigenvalue weighted by Gasteiger charge is -2.25. The first-order valence-electron chi connectivity index (χ1n) is 6.01. The molecule has 1 atom stereocenters. The van der Waals surface area contributed by atoms with Gasteiger partial charge in [-0.1, -0.05) is 20.8 Å². The van der Waals surface area contributed by atoms with Gasteiger partial charge in [-0.05, 0) is 11.5 Å². The third kappa shape index (κ3) is 4.23. The summed E-state index contributed by atoms with van der Waals surface area (Å²) in [6.45, 7) is 4.71. The lowest BCUT2D eigenvalue weighted by atomic mass is 9.80. The van der Waals surface area contributed by atoms with Gasteiger partial charge in [0.25, 0.3) is 5.69 Å². The van der Waals surface area contributed by atoms with Gasteiger partial charge in [0, 0.05) is 6.07 Å². The smallest absolute Gasteiger partial charge is 0.316 e. The number of nitrogens with zero attached hydrogens (tertiary/aromatic N) is 1. The highest BCUT2D eigenvalue weighted by atomic mass is 19.1. The van der Waals surface area contributed by atoms with E-state index in [9.17, 15) is 24.1 Å². The van der Waals surface area contributed by atoms with E-state index in [-0.39, 0.29) is 5.69 Å². The minimum Gasteiger partial charge on any atom is -0.481 e. The summed E-state index contributed by atoms with van der Waals surface area (Å²) >= 11 is 0. The molecule has 0 aliphatic heterocycles. The summed E-state index contributed by atoms with van der Waals surface area (Å²) in [5.74, 6) is -4.47. The minimum atomic E-state index is -1.38. The van der Waals surface area contributed by atoms with Crippen LogP contribution in [0.4, 0.5) is 15.8 Å². The van der Waals surface area contributed by atoms with Gasteiger partial charge in [-0.2, -0.15) is 0 Å². The van der Waals surface area contributed by atoms with E-state index in [0.717, 1.165) is 12.1 Å². The molecule has 0 aromatic heterocycles. The van der Waals surface area contributed by atoms with Gasteiger partial charge >= 0.3 is 5.97 Å². The van der Waals surface area contributed by atoms with Gasteiger partial charge in [0.1, 0.15) is 11.7 Å². The number of anilines is 1. The summed E-state index contributed by atoms with van der Waals surface area (Å²) in [5.41, 5.74) is -1.56. The molecule has 1 aromatic carbocycles. The van der Waals surface area contributed by atoms with Crippen LogP contribution in [-0.2, 0) is 9.59 Å². The van der Waals surface area contributed by atoms with Crippen LogP contribution in [0.5, 0.6) is 0 Å². The van der Waals surface area contributed by atoms with Crippen molar-refractivity contribution in [2.24, 2.45) is 11.3 Å². The third-order valence-corrected chi connectivity index (χ3v) is 2.74. The van der Waals surface area contributed by atoms with E-state index in [1.54, 1.807) is 20.8 Å². The molecule has 0 spiro atoms. The highest BCUT2D eigenvalue weighted by Crippen LogP contribution is 2.28. The third-order valence-electron chi connectivity index (χ3n) is 2.74. The highest BCUT2D eigenvalue weighted by Gasteiger charge is 2.37. The summed E-state index contributed by atoms with van der Waals surface area (Å²) < 4.78 is 13.3. The molecule has 7 nitrogen and oxygen atoms in total. The molecule has 0 aliphatic carbocycles. The summed E-state index contributed by atoms with van der Waals surface area (Å²) in [6.07, 6.45) is 0. The summed E-state index contributed by atoms with van der Waals surface area (Å²) in [7, 11) is 0. The van der Waals surface area contributed by atoms with Crippen molar-refractivity contribution in [1.82, 2.24) is 0 Å². The number of nitro groups is 1. The number of benzene rings is 1. The molecule has 0 fully saturated rings. The van der Waals surface area contributed by atoms with Crippen LogP contribution in [0.1, 0.15) is 20.8 Å². The highest BCUT2D eigenvalue weighted by molar-refractivity contribution is 6.04. The number of nitrogens with one attached hydrogen (secondary N) is 1. The SMILES string of the molecule is CC(C)(C)C(C(=O)O)C(=O)Nc1cc(F)cc([N+](=O)[O-])c1. The second kappa shape index (κ2) is 5.86. The lowest BCUT2D eigenvalue weighted by Crippen LogP contribution is -2.39. The van der Waals surface area contributed by atoms with Crippen LogP contribution in [0.3, 0.4) is 0 Å². The van der Waals surface area contributed by atoms with Crippen molar-refractivity contribution >= 4 is 23.3 Å². The Morgan fingerprint density at radius 2 is 1.90 bits per heavy atom. The fourth-order valence-corrected chi connectivity index (χ4v) is 1.84. The van der Waals surface area contributed by atoms with Gasteiger partial charge in [-0.25, -0.2) is 4.39 Å². The van der Waals surface area contributed by atoms with Crippen molar-refractivity contribution in [3.05, 3.63) is 34.1 Å². The fraction of sp³-hybridized carbons (Fsp3) is 0.385. The molecule has 1 amide bonds. The Kier molecular flexibility index (Phi) is 4.62. The first-order chi connectivity index (χ1) is 9.52. The molecule has 114 valence electrons. The van der Waals surface area contributed by atoms with Crippen molar-refractivity contribution in [2.45, 2.75) is 20.8 Å². The van der Waals surface area contributed by atoms with Crippen LogP contribution >= 0.6 is 0 Å². The topological polar surface area (TPSA) is 110 Å². The van der Waals surface area contributed by atoms with E-state index in [1.165, 1.54) is 0 Å². The van der Waals surface area contributed by atoms with Crippen LogP contribution < -0.4 is 5.32 Å². The van der Waals surface area contributed by atoms with Gasteiger partial charge < -0.3 is 10.4 Å². The van der Waals surface area contributed by atoms with Crippen LogP contribution in [0.15, 0.2) is 18.2 Å². The number of hydrogen-bond acceptors (Lipinski definition) is 4. The number of carboxylic acid groups (broad SMARTS) is 1. The number of carbonyl (C=O) groups is 2. The maximum absolute atomic E-state index is 13.3. The monoisotopic (exact) mass is 298 g/mol. The molecule has 0 radical (unpaired) electrons. The lowest BCUT2D eigenvalue weighted by molar-refractivity contribution is -0.385. The van der Waals surface area contributed by atoms with Gasteiger partial charge in [-0.15, -0.1) is 0 Å². The first-order valence-corrected chi connectivity index (χ1v) is 6.01. The second-order valence-corrected chi connectivity index (χ2v) is 5.58. The average molecular weight is 298 g/mol. The summed E-state index contributed by atoms with van der Waals surface area (Å²) in [6, 6.07) is 2.54. The molecule has 2 N–H and O–H groups in total. The van der Waals surface area contributed by atoms with E-state index >= 15 is 0 Å². The van der Waals surface area contributed by atoms with E-state index in [1.807, 2.05) is 0 Å². The number of rotatable bonds is 4. The average Bonchev–Trinajstić information content (AvgIpc) is 2.24. The van der Waals surface area contributed by atoms with Crippen molar-refractivity contribution in [3.8, 4) is 0 Å². The number of carboxylic acids is 1. The number of amides is 1. The largest absolute Gasteiger partial charge is 0.481 e. The quantitative estimate of drug-likeness (QED) is 0.504. The van der Waals surface area contributed by atoms with E-state index in [0.29, 0.717) is 6.07 Å². The Hall–Kier alpha value is -2.51. The van der Waals surface area contributed by atoms with Crippen molar-refractivity contribution in [1.29, 1.82) is 0 Å². The van der Waals surface area contributed by atoms with Crippen molar-refractivity contribution in [3.63, 3.8) is 0 Å². The molecule has 0 saturated carbocycles. The molecule has 8 heteroatoms. The van der Waals surface area contributed by atoms with Crippen LogP contribution in [0.25, 0.3) is 0 Å². The van der Waals surface area contributed by atoms with E-state index in [4.69, 9.17) is 5.11 Å². The predicted molar refractivity (Wildman–Crippen MR) is 72.3 cm³/mol. The summed E-state index contributed by atoms with van der Waals surface area (Å²) in [4.78, 5) is 33.0. The Morgan fingerprint density at radius 1 is 1.33 bits per heavy atom. The Balaban J connectivity index is 3.07. The predicted octanol–water partition coefficient (Wildman–Crippen LogP) is 2.42. The minimum absolute atomic E-state index is 0.165. The van der Waals surface area contributed by atoms with Crippen LogP contribution in [0, 0.1) is 27.3 Å². The maximum atomic E-state index is 13.3. The van der Waals surface area contributed by atoms with Gasteiger partial charge in [0.15, 0.2) is 0 Å². The molecule has 1 aromatic rings. The molecule has 0 heterocycles. The first kappa shape index (κ1) is 16.5. The Morgan fingerprint density at radius 3 is 2.33 bits per heavy atom. The number of carbonyl (C=O) groups excluding carboxylic acids is 1. The van der Waals surface area contributed by atoms with Crippen LogP contribution in [-0.4, -0.2) is 21.9 Å². The molecule has 0 bridgehead atoms. The molecule has 1 unspecified atom stereocenters. The number of hydrogen-bond donors (Lipinski definition) is 2. The van der Waals surface area contributed by atoms with Gasteiger partial charge in [0.2, 0.25) is 5.91 Å². The van der Waals surface area contributed by atoms with Crippen molar-refractivity contribution < 1.29 is 24.0 Å². The number of halogens is 1. The van der Waals surface area contributed by atoms with E-state index < -0.39 is 39.6 Å². The molecule has 0 saturated heterocycles. The zero-order valence-electron chi connectivity index (χ0n) is 11.7. The number of aliphatic carboxylic acids is 1. The number of non-ortho nitro benzene ring substituents is 1. The molecule has 0 aliphatic rings. The van der Waals surface area contributed by atoms with E-state index in [2.05, 4.69) is 5.32 Å². The van der Waals surface area contributed by atoms with Crippen molar-refractivity contribution in [2.75, 3.05) is 5.32 Å². The standard InChI is InChI=1S/C13H15FN2O5/c1-13(2,3)10(12(18)19)11(17)15-8-4-7(14)5-9(6-8)16(20)21/h4-6,10H,1-3H3,(H,15,17)(H,18,19). The fourth-order valence-electron chi connectivity index (χ4n) is 1.84. The normalized spacial score (nSPS) is 12.6. The molecular formula is C13H15FN2O5. The molecule has 21 heavy (non-hydrogen) atoms. The van der Waals surface area contributed by atoms with Gasteiger partial charge in [0.05, 0.1) is 16.7 Å².